The summed E-state index contributed by atoms with van der Waals surface area (Å²) in [7, 11) is 0. The molecule has 0 aliphatic carbocycles. The molecule has 4 heteroatoms. The zero-order valence-electron chi connectivity index (χ0n) is 12.6. The van der Waals surface area contributed by atoms with Crippen molar-refractivity contribution in [2.45, 2.75) is 33.2 Å². The summed E-state index contributed by atoms with van der Waals surface area (Å²) in [5.74, 6) is 0. The molecule has 0 saturated carbocycles. The predicted molar refractivity (Wildman–Crippen MR) is 85.7 cm³/mol. The van der Waals surface area contributed by atoms with Crippen LogP contribution in [0.25, 0.3) is 0 Å². The lowest BCUT2D eigenvalue weighted by Crippen LogP contribution is -2.09. The highest BCUT2D eigenvalue weighted by molar-refractivity contribution is 5.58. The molecule has 0 aromatic heterocycles. The van der Waals surface area contributed by atoms with Crippen molar-refractivity contribution in [2.75, 3.05) is 5.32 Å². The van der Waals surface area contributed by atoms with Crippen LogP contribution in [-0.2, 0) is 6.42 Å². The first kappa shape index (κ1) is 15.0. The second kappa shape index (κ2) is 6.39. The van der Waals surface area contributed by atoms with Gasteiger partial charge >= 0.3 is 0 Å². The molecule has 0 fully saturated rings. The molecule has 110 valence electrons. The number of benzene rings is 2. The molecule has 0 heterocycles. The molecule has 1 unspecified atom stereocenters. The van der Waals surface area contributed by atoms with E-state index in [-0.39, 0.29) is 16.7 Å². The quantitative estimate of drug-likeness (QED) is 0.643. The molecule has 0 saturated heterocycles. The second-order valence-corrected chi connectivity index (χ2v) is 5.18. The fourth-order valence-corrected chi connectivity index (χ4v) is 2.41. The molecule has 2 aromatic rings. The first-order valence-electron chi connectivity index (χ1n) is 7.12. The maximum atomic E-state index is 10.7. The number of nitrogens with zero attached hydrogens (tertiary/aromatic N) is 1. The molecule has 0 aliphatic rings. The molecule has 21 heavy (non-hydrogen) atoms. The van der Waals surface area contributed by atoms with Crippen LogP contribution in [0.4, 0.5) is 11.4 Å². The van der Waals surface area contributed by atoms with Gasteiger partial charge in [-0.2, -0.15) is 0 Å². The first-order chi connectivity index (χ1) is 10.0. The number of rotatable bonds is 5. The summed E-state index contributed by atoms with van der Waals surface area (Å²) < 4.78 is 0. The Kier molecular flexibility index (Phi) is 4.58. The van der Waals surface area contributed by atoms with Gasteiger partial charge in [0.15, 0.2) is 0 Å². The highest BCUT2D eigenvalue weighted by Crippen LogP contribution is 2.27. The zero-order chi connectivity index (χ0) is 15.4. The van der Waals surface area contributed by atoms with Crippen LogP contribution < -0.4 is 5.32 Å². The maximum absolute atomic E-state index is 10.7. The highest BCUT2D eigenvalue weighted by Gasteiger charge is 2.11. The lowest BCUT2D eigenvalue weighted by Gasteiger charge is -2.20. The molecular formula is C17H20N2O2. The fraction of sp³-hybridized carbons (Fsp3) is 0.294. The lowest BCUT2D eigenvalue weighted by atomic mass is 10.0. The number of aryl methyl sites for hydroxylation is 2. The van der Waals surface area contributed by atoms with Gasteiger partial charge in [-0.15, -0.1) is 0 Å². The Balaban J connectivity index is 2.22. The van der Waals surface area contributed by atoms with Crippen molar-refractivity contribution in [1.29, 1.82) is 0 Å². The van der Waals surface area contributed by atoms with E-state index in [9.17, 15) is 10.1 Å². The third kappa shape index (κ3) is 3.40. The van der Waals surface area contributed by atoms with Crippen molar-refractivity contribution in [3.63, 3.8) is 0 Å². The van der Waals surface area contributed by atoms with Gasteiger partial charge in [0.25, 0.3) is 5.69 Å². The van der Waals surface area contributed by atoms with E-state index in [0.29, 0.717) is 0 Å². The molecule has 1 atom stereocenters. The Bertz CT molecular complexity index is 636. The van der Waals surface area contributed by atoms with E-state index in [1.807, 2.05) is 0 Å². The van der Waals surface area contributed by atoms with Crippen molar-refractivity contribution < 1.29 is 4.92 Å². The Morgan fingerprint density at radius 3 is 2.43 bits per heavy atom. The van der Waals surface area contributed by atoms with E-state index in [4.69, 9.17) is 0 Å². The smallest absolute Gasteiger partial charge is 0.269 e. The second-order valence-electron chi connectivity index (χ2n) is 5.18. The van der Waals surface area contributed by atoms with E-state index in [2.05, 4.69) is 44.3 Å². The Morgan fingerprint density at radius 2 is 1.86 bits per heavy atom. The van der Waals surface area contributed by atoms with Crippen molar-refractivity contribution in [1.82, 2.24) is 0 Å². The Hall–Kier alpha value is -2.36. The Morgan fingerprint density at radius 1 is 1.19 bits per heavy atom. The van der Waals surface area contributed by atoms with Gasteiger partial charge < -0.3 is 5.32 Å². The molecule has 0 aliphatic heterocycles. The van der Waals surface area contributed by atoms with E-state index in [1.165, 1.54) is 11.1 Å². The number of nitro groups is 1. The van der Waals surface area contributed by atoms with Crippen LogP contribution in [0.5, 0.6) is 0 Å². The zero-order valence-corrected chi connectivity index (χ0v) is 12.6. The van der Waals surface area contributed by atoms with E-state index in [0.717, 1.165) is 17.7 Å². The van der Waals surface area contributed by atoms with Crippen LogP contribution in [0, 0.1) is 17.0 Å². The number of nitrogens with one attached hydrogen (secondary N) is 1. The van der Waals surface area contributed by atoms with Gasteiger partial charge in [0, 0.05) is 23.9 Å². The van der Waals surface area contributed by atoms with E-state index >= 15 is 0 Å². The van der Waals surface area contributed by atoms with Gasteiger partial charge in [-0.1, -0.05) is 37.3 Å². The molecule has 0 amide bonds. The summed E-state index contributed by atoms with van der Waals surface area (Å²) in [6.07, 6.45) is 0.969. The number of nitro benzene ring substituents is 1. The molecule has 1 N–H and O–H groups in total. The van der Waals surface area contributed by atoms with Gasteiger partial charge in [-0.3, -0.25) is 10.1 Å². The van der Waals surface area contributed by atoms with Crippen molar-refractivity contribution in [2.24, 2.45) is 0 Å². The van der Waals surface area contributed by atoms with Gasteiger partial charge in [-0.25, -0.2) is 0 Å². The molecule has 2 aromatic carbocycles. The van der Waals surface area contributed by atoms with E-state index < -0.39 is 0 Å². The monoisotopic (exact) mass is 284 g/mol. The van der Waals surface area contributed by atoms with Crippen molar-refractivity contribution >= 4 is 11.4 Å². The lowest BCUT2D eigenvalue weighted by molar-refractivity contribution is -0.384. The minimum absolute atomic E-state index is 0.0946. The number of hydrogen-bond donors (Lipinski definition) is 1. The SMILES string of the molecule is CCc1cccc(C)c1NC(C)c1ccc([N+](=O)[O-])cc1. The number of anilines is 1. The number of hydrogen-bond acceptors (Lipinski definition) is 3. The van der Waals surface area contributed by atoms with Crippen molar-refractivity contribution in [3.8, 4) is 0 Å². The normalized spacial score (nSPS) is 12.0. The van der Waals surface area contributed by atoms with Gasteiger partial charge in [0.1, 0.15) is 0 Å². The average molecular weight is 284 g/mol. The molecule has 4 nitrogen and oxygen atoms in total. The molecule has 0 radical (unpaired) electrons. The predicted octanol–water partition coefficient (Wildman–Crippen LogP) is 4.64. The van der Waals surface area contributed by atoms with Crippen LogP contribution in [-0.4, -0.2) is 4.92 Å². The van der Waals surface area contributed by atoms with Crippen LogP contribution in [0.1, 0.15) is 36.6 Å². The van der Waals surface area contributed by atoms with Crippen LogP contribution in [0.15, 0.2) is 42.5 Å². The Labute approximate surface area is 125 Å². The minimum Gasteiger partial charge on any atom is -0.378 e. The van der Waals surface area contributed by atoms with E-state index in [1.54, 1.807) is 24.3 Å². The van der Waals surface area contributed by atoms with Crippen LogP contribution in [0.2, 0.25) is 0 Å². The third-order valence-electron chi connectivity index (χ3n) is 3.70. The summed E-state index contributed by atoms with van der Waals surface area (Å²) in [6, 6.07) is 13.1. The summed E-state index contributed by atoms with van der Waals surface area (Å²) in [5.41, 5.74) is 4.81. The summed E-state index contributed by atoms with van der Waals surface area (Å²) in [4.78, 5) is 10.3. The highest BCUT2D eigenvalue weighted by atomic mass is 16.6. The number of para-hydroxylation sites is 1. The minimum atomic E-state index is -0.377. The van der Waals surface area contributed by atoms with Gasteiger partial charge in [0.05, 0.1) is 4.92 Å². The summed E-state index contributed by atoms with van der Waals surface area (Å²) in [5, 5.41) is 14.2. The van der Waals surface area contributed by atoms with Crippen molar-refractivity contribution in [3.05, 3.63) is 69.3 Å². The topological polar surface area (TPSA) is 55.2 Å². The van der Waals surface area contributed by atoms with Crippen LogP contribution in [0.3, 0.4) is 0 Å². The molecule has 0 bridgehead atoms. The summed E-state index contributed by atoms with van der Waals surface area (Å²) in [6.45, 7) is 6.29. The third-order valence-corrected chi connectivity index (χ3v) is 3.70. The molecular weight excluding hydrogens is 264 g/mol. The fourth-order valence-electron chi connectivity index (χ4n) is 2.41. The van der Waals surface area contributed by atoms with Crippen LogP contribution >= 0.6 is 0 Å². The van der Waals surface area contributed by atoms with Gasteiger partial charge in [0.2, 0.25) is 0 Å². The first-order valence-corrected chi connectivity index (χ1v) is 7.12. The number of non-ortho nitro benzene ring substituents is 1. The van der Waals surface area contributed by atoms with Gasteiger partial charge in [-0.05, 0) is 37.0 Å². The standard InChI is InChI=1S/C17H20N2O2/c1-4-14-7-5-6-12(2)17(14)18-13(3)15-8-10-16(11-9-15)19(20)21/h5-11,13,18H,4H2,1-3H3. The largest absolute Gasteiger partial charge is 0.378 e. The average Bonchev–Trinajstić information content (AvgIpc) is 2.49. The molecule has 2 rings (SSSR count). The maximum Gasteiger partial charge on any atom is 0.269 e. The molecule has 0 spiro atoms. The summed E-state index contributed by atoms with van der Waals surface area (Å²) >= 11 is 0.